The predicted octanol–water partition coefficient (Wildman–Crippen LogP) is 0.539. The highest BCUT2D eigenvalue weighted by molar-refractivity contribution is 6.59. The van der Waals surface area contributed by atoms with Crippen LogP contribution in [0.3, 0.4) is 0 Å². The molecule has 0 aromatic heterocycles. The van der Waals surface area contributed by atoms with E-state index in [4.69, 9.17) is 19.0 Å². The van der Waals surface area contributed by atoms with Crippen LogP contribution in [0.25, 0.3) is 0 Å². The van der Waals surface area contributed by atoms with Crippen molar-refractivity contribution in [1.29, 1.82) is 0 Å². The summed E-state index contributed by atoms with van der Waals surface area (Å²) in [6.07, 6.45) is -0.0942. The molecule has 15 heavy (non-hydrogen) atoms. The Morgan fingerprint density at radius 3 is 2.20 bits per heavy atom. The molecule has 0 saturated heterocycles. The van der Waals surface area contributed by atoms with Gasteiger partial charge in [0.05, 0.1) is 6.23 Å². The van der Waals surface area contributed by atoms with Gasteiger partial charge in [-0.15, -0.1) is 0 Å². The Hall–Kier alpha value is 0.0169. The summed E-state index contributed by atoms with van der Waals surface area (Å²) < 4.78 is 16.8. The summed E-state index contributed by atoms with van der Waals surface area (Å²) in [5.74, 6) is 0. The van der Waals surface area contributed by atoms with E-state index >= 15 is 0 Å². The molecule has 0 spiro atoms. The number of hydrogen-bond donors (Lipinski definition) is 2. The standard InChI is InChI=1S/C9H24N2O3Si/c1-5-12-15(4,13-6-2)14-9(3)11-8-7-10/h9,11H,5-8,10H2,1-4H3. The van der Waals surface area contributed by atoms with Crippen LogP contribution < -0.4 is 11.1 Å². The van der Waals surface area contributed by atoms with Crippen molar-refractivity contribution in [2.24, 2.45) is 5.73 Å². The Labute approximate surface area is 93.6 Å². The lowest BCUT2D eigenvalue weighted by Crippen LogP contribution is -2.49. The summed E-state index contributed by atoms with van der Waals surface area (Å²) in [6, 6.07) is 0. The number of hydrogen-bond acceptors (Lipinski definition) is 5. The van der Waals surface area contributed by atoms with E-state index in [-0.39, 0.29) is 6.23 Å². The Bertz CT molecular complexity index is 154. The number of nitrogens with one attached hydrogen (secondary N) is 1. The molecule has 0 aliphatic carbocycles. The van der Waals surface area contributed by atoms with Gasteiger partial charge in [0.15, 0.2) is 0 Å². The van der Waals surface area contributed by atoms with E-state index < -0.39 is 8.80 Å². The molecular formula is C9H24N2O3Si. The Balaban J connectivity index is 4.02. The van der Waals surface area contributed by atoms with E-state index in [9.17, 15) is 0 Å². The van der Waals surface area contributed by atoms with Crippen molar-refractivity contribution >= 4 is 8.80 Å². The van der Waals surface area contributed by atoms with Gasteiger partial charge in [-0.1, -0.05) is 0 Å². The first-order chi connectivity index (χ1) is 7.08. The molecule has 1 atom stereocenters. The third-order valence-corrected chi connectivity index (χ3v) is 4.19. The van der Waals surface area contributed by atoms with Crippen molar-refractivity contribution in [2.45, 2.75) is 33.5 Å². The van der Waals surface area contributed by atoms with E-state index in [1.807, 2.05) is 27.3 Å². The number of rotatable bonds is 9. The highest BCUT2D eigenvalue weighted by Crippen LogP contribution is 2.10. The normalized spacial score (nSPS) is 14.2. The molecule has 0 fully saturated rings. The van der Waals surface area contributed by atoms with Gasteiger partial charge in [-0.3, -0.25) is 5.32 Å². The van der Waals surface area contributed by atoms with Crippen LogP contribution in [0.1, 0.15) is 20.8 Å². The minimum absolute atomic E-state index is 0.0942. The van der Waals surface area contributed by atoms with Crippen molar-refractivity contribution in [3.8, 4) is 0 Å². The lowest BCUT2D eigenvalue weighted by Gasteiger charge is -2.28. The van der Waals surface area contributed by atoms with Gasteiger partial charge >= 0.3 is 8.80 Å². The van der Waals surface area contributed by atoms with E-state index in [0.717, 1.165) is 6.54 Å². The van der Waals surface area contributed by atoms with Crippen LogP contribution in [0, 0.1) is 0 Å². The van der Waals surface area contributed by atoms with E-state index in [2.05, 4.69) is 5.32 Å². The summed E-state index contributed by atoms with van der Waals surface area (Å²) in [4.78, 5) is 0. The maximum atomic E-state index is 5.75. The second-order valence-corrected chi connectivity index (χ2v) is 5.77. The summed E-state index contributed by atoms with van der Waals surface area (Å²) in [6.45, 7) is 10.2. The zero-order valence-electron chi connectivity index (χ0n) is 10.2. The average molecular weight is 236 g/mol. The summed E-state index contributed by atoms with van der Waals surface area (Å²) in [5.41, 5.74) is 5.39. The molecule has 0 saturated carbocycles. The molecule has 5 nitrogen and oxygen atoms in total. The molecule has 0 aromatic carbocycles. The fourth-order valence-corrected chi connectivity index (χ4v) is 3.28. The molecule has 6 heteroatoms. The van der Waals surface area contributed by atoms with E-state index in [1.54, 1.807) is 0 Å². The Morgan fingerprint density at radius 1 is 1.27 bits per heavy atom. The van der Waals surface area contributed by atoms with Crippen molar-refractivity contribution < 1.29 is 13.3 Å². The number of nitrogens with two attached hydrogens (primary N) is 1. The summed E-state index contributed by atoms with van der Waals surface area (Å²) >= 11 is 0. The van der Waals surface area contributed by atoms with Gasteiger partial charge < -0.3 is 19.0 Å². The second-order valence-electron chi connectivity index (χ2n) is 3.23. The first kappa shape index (κ1) is 15.0. The molecule has 0 radical (unpaired) electrons. The summed E-state index contributed by atoms with van der Waals surface area (Å²) in [7, 11) is -2.47. The van der Waals surface area contributed by atoms with Crippen LogP contribution in [0.2, 0.25) is 6.55 Å². The average Bonchev–Trinajstić information content (AvgIpc) is 2.15. The molecule has 0 bridgehead atoms. The fourth-order valence-electron chi connectivity index (χ4n) is 1.28. The maximum Gasteiger partial charge on any atom is 0.498 e. The van der Waals surface area contributed by atoms with Gasteiger partial charge in [0, 0.05) is 32.9 Å². The molecule has 0 heterocycles. The topological polar surface area (TPSA) is 65.7 Å². The second kappa shape index (κ2) is 8.20. The smallest absolute Gasteiger partial charge is 0.374 e. The Kier molecular flexibility index (Phi) is 8.21. The SMILES string of the molecule is CCO[Si](C)(OCC)OC(C)NCCN. The van der Waals surface area contributed by atoms with Gasteiger partial charge in [0.1, 0.15) is 0 Å². The third kappa shape index (κ3) is 6.99. The zero-order chi connectivity index (χ0) is 11.7. The molecule has 0 rings (SSSR count). The van der Waals surface area contributed by atoms with Crippen LogP contribution in [0.15, 0.2) is 0 Å². The van der Waals surface area contributed by atoms with Crippen LogP contribution >= 0.6 is 0 Å². The van der Waals surface area contributed by atoms with E-state index in [0.29, 0.717) is 19.8 Å². The summed E-state index contributed by atoms with van der Waals surface area (Å²) in [5, 5.41) is 3.13. The van der Waals surface area contributed by atoms with Crippen molar-refractivity contribution in [2.75, 3.05) is 26.3 Å². The largest absolute Gasteiger partial charge is 0.498 e. The highest BCUT2D eigenvalue weighted by atomic mass is 28.4. The predicted molar refractivity (Wildman–Crippen MR) is 62.5 cm³/mol. The van der Waals surface area contributed by atoms with Crippen molar-refractivity contribution in [3.63, 3.8) is 0 Å². The highest BCUT2D eigenvalue weighted by Gasteiger charge is 2.35. The minimum atomic E-state index is -2.47. The first-order valence-electron chi connectivity index (χ1n) is 5.47. The molecule has 0 aliphatic rings. The molecule has 1 unspecified atom stereocenters. The zero-order valence-corrected chi connectivity index (χ0v) is 11.2. The van der Waals surface area contributed by atoms with Gasteiger partial charge in [-0.05, 0) is 20.8 Å². The minimum Gasteiger partial charge on any atom is -0.374 e. The van der Waals surface area contributed by atoms with Crippen molar-refractivity contribution in [3.05, 3.63) is 0 Å². The lowest BCUT2D eigenvalue weighted by atomic mass is 10.6. The van der Waals surface area contributed by atoms with Gasteiger partial charge in [0.25, 0.3) is 0 Å². The quantitative estimate of drug-likeness (QED) is 0.452. The Morgan fingerprint density at radius 2 is 1.80 bits per heavy atom. The van der Waals surface area contributed by atoms with Gasteiger partial charge in [0.2, 0.25) is 0 Å². The molecular weight excluding hydrogens is 212 g/mol. The molecule has 0 aliphatic heterocycles. The first-order valence-corrected chi connectivity index (χ1v) is 7.69. The maximum absolute atomic E-state index is 5.75. The van der Waals surface area contributed by atoms with Crippen molar-refractivity contribution in [1.82, 2.24) is 5.32 Å². The third-order valence-electron chi connectivity index (χ3n) is 1.78. The molecule has 0 aromatic rings. The monoisotopic (exact) mass is 236 g/mol. The van der Waals surface area contributed by atoms with Crippen LogP contribution in [0.4, 0.5) is 0 Å². The van der Waals surface area contributed by atoms with Gasteiger partial charge in [-0.25, -0.2) is 0 Å². The van der Waals surface area contributed by atoms with Gasteiger partial charge in [-0.2, -0.15) is 0 Å². The molecule has 92 valence electrons. The van der Waals surface area contributed by atoms with E-state index in [1.165, 1.54) is 0 Å². The molecule has 3 N–H and O–H groups in total. The lowest BCUT2D eigenvalue weighted by molar-refractivity contribution is 0.0328. The molecule has 0 amide bonds. The fraction of sp³-hybridized carbons (Fsp3) is 1.00. The van der Waals surface area contributed by atoms with Crippen LogP contribution in [0.5, 0.6) is 0 Å². The van der Waals surface area contributed by atoms with Crippen LogP contribution in [-0.4, -0.2) is 41.3 Å². The van der Waals surface area contributed by atoms with Crippen LogP contribution in [-0.2, 0) is 13.3 Å².